The number of Topliss-reactive ketones (excluding diaryl/α,β-unsaturated/α-hetero) is 1. The first-order valence-corrected chi connectivity index (χ1v) is 6.62. The molecule has 0 spiro atoms. The predicted octanol–water partition coefficient (Wildman–Crippen LogP) is 0.130. The average Bonchev–Trinajstić information content (AvgIpc) is 2.62. The number of carbonyl (C=O) groups is 3. The first-order chi connectivity index (χ1) is 9.04. The van der Waals surface area contributed by atoms with E-state index in [4.69, 9.17) is 0 Å². The monoisotopic (exact) mass is 269 g/mol. The fourth-order valence-electron chi connectivity index (χ4n) is 2.59. The fraction of sp³-hybridized carbons (Fsp3) is 0.750. The van der Waals surface area contributed by atoms with Crippen molar-refractivity contribution >= 4 is 17.7 Å². The number of hydrogen-bond acceptors (Lipinski definition) is 4. The Morgan fingerprint density at radius 1 is 1.42 bits per heavy atom. The maximum Gasteiger partial charge on any atom is 0.344 e. The second-order valence-electron chi connectivity index (χ2n) is 5.03. The Balaban J connectivity index is 1.90. The van der Waals surface area contributed by atoms with Gasteiger partial charge < -0.3 is 10.2 Å². The highest BCUT2D eigenvalue weighted by Gasteiger charge is 2.46. The van der Waals surface area contributed by atoms with Crippen molar-refractivity contribution in [3.63, 3.8) is 0 Å². The molecule has 2 fully saturated rings. The van der Waals surface area contributed by atoms with Crippen molar-refractivity contribution in [2.24, 2.45) is 0 Å². The van der Waals surface area contributed by atoms with Gasteiger partial charge in [-0.1, -0.05) is 6.92 Å². The van der Waals surface area contributed by atoms with E-state index < -0.39 is 12.1 Å². The molecule has 0 aromatic rings. The van der Waals surface area contributed by atoms with Gasteiger partial charge >= 0.3 is 6.03 Å². The molecule has 7 nitrogen and oxygen atoms in total. The molecule has 2 N–H and O–H groups in total. The zero-order chi connectivity index (χ0) is 14.0. The van der Waals surface area contributed by atoms with Crippen LogP contribution < -0.4 is 5.32 Å². The van der Waals surface area contributed by atoms with Crippen molar-refractivity contribution in [1.29, 1.82) is 0 Å². The molecule has 2 atom stereocenters. The molecule has 2 saturated heterocycles. The van der Waals surface area contributed by atoms with Crippen LogP contribution in [0, 0.1) is 0 Å². The SMILES string of the molecule is CCCC(=O)CNC(=O)[C@@H]1CC[C@@H]2CN1C(=O)N2O. The highest BCUT2D eigenvalue weighted by Crippen LogP contribution is 2.28. The zero-order valence-electron chi connectivity index (χ0n) is 11.0. The van der Waals surface area contributed by atoms with E-state index in [2.05, 4.69) is 5.32 Å². The van der Waals surface area contributed by atoms with Crippen molar-refractivity contribution in [3.05, 3.63) is 0 Å². The summed E-state index contributed by atoms with van der Waals surface area (Å²) in [6, 6.07) is -1.31. The van der Waals surface area contributed by atoms with Gasteiger partial charge in [-0.15, -0.1) is 0 Å². The number of carbonyl (C=O) groups excluding carboxylic acids is 3. The third-order valence-corrected chi connectivity index (χ3v) is 3.64. The Hall–Kier alpha value is -1.63. The van der Waals surface area contributed by atoms with Crippen molar-refractivity contribution in [3.8, 4) is 0 Å². The smallest absolute Gasteiger partial charge is 0.344 e. The van der Waals surface area contributed by atoms with Crippen LogP contribution in [-0.4, -0.2) is 58.1 Å². The summed E-state index contributed by atoms with van der Waals surface area (Å²) in [7, 11) is 0. The van der Waals surface area contributed by atoms with E-state index in [1.165, 1.54) is 4.90 Å². The van der Waals surface area contributed by atoms with Crippen LogP contribution >= 0.6 is 0 Å². The van der Waals surface area contributed by atoms with E-state index in [1.807, 2.05) is 6.92 Å². The number of urea groups is 1. The summed E-state index contributed by atoms with van der Waals surface area (Å²) < 4.78 is 0. The normalized spacial score (nSPS) is 25.7. The van der Waals surface area contributed by atoms with Gasteiger partial charge in [0.25, 0.3) is 0 Å². The summed E-state index contributed by atoms with van der Waals surface area (Å²) in [6.07, 6.45) is 2.31. The Labute approximate surface area is 111 Å². The molecule has 0 aromatic heterocycles. The molecule has 0 unspecified atom stereocenters. The van der Waals surface area contributed by atoms with Gasteiger partial charge in [-0.05, 0) is 19.3 Å². The van der Waals surface area contributed by atoms with E-state index in [0.717, 1.165) is 6.42 Å². The molecule has 2 aliphatic rings. The highest BCUT2D eigenvalue weighted by molar-refractivity contribution is 5.91. The van der Waals surface area contributed by atoms with Crippen molar-refractivity contribution < 1.29 is 19.6 Å². The van der Waals surface area contributed by atoms with Crippen LogP contribution in [0.5, 0.6) is 0 Å². The summed E-state index contributed by atoms with van der Waals surface area (Å²) in [6.45, 7) is 2.29. The van der Waals surface area contributed by atoms with Crippen LogP contribution in [0.15, 0.2) is 0 Å². The molecular weight excluding hydrogens is 250 g/mol. The van der Waals surface area contributed by atoms with Gasteiger partial charge in [0.05, 0.1) is 12.6 Å². The summed E-state index contributed by atoms with van der Waals surface area (Å²) in [5.74, 6) is -0.326. The lowest BCUT2D eigenvalue weighted by Crippen LogP contribution is -2.50. The summed E-state index contributed by atoms with van der Waals surface area (Å²) in [5, 5.41) is 12.8. The number of rotatable bonds is 5. The Morgan fingerprint density at radius 2 is 2.16 bits per heavy atom. The Kier molecular flexibility index (Phi) is 4.04. The first-order valence-electron chi connectivity index (χ1n) is 6.62. The lowest BCUT2D eigenvalue weighted by molar-refractivity contribution is -0.128. The van der Waals surface area contributed by atoms with Crippen LogP contribution in [0.1, 0.15) is 32.6 Å². The molecule has 2 heterocycles. The summed E-state index contributed by atoms with van der Waals surface area (Å²) in [5.41, 5.74) is 0. The number of piperidine rings is 1. The van der Waals surface area contributed by atoms with Crippen LogP contribution in [0.4, 0.5) is 4.79 Å². The van der Waals surface area contributed by atoms with E-state index in [0.29, 0.717) is 30.9 Å². The summed E-state index contributed by atoms with van der Waals surface area (Å²) >= 11 is 0. The third kappa shape index (κ3) is 2.70. The van der Waals surface area contributed by atoms with E-state index >= 15 is 0 Å². The number of hydroxylamine groups is 2. The molecule has 2 rings (SSSR count). The van der Waals surface area contributed by atoms with Gasteiger partial charge in [0.2, 0.25) is 5.91 Å². The minimum absolute atomic E-state index is 0.0114. The lowest BCUT2D eigenvalue weighted by Gasteiger charge is -2.29. The van der Waals surface area contributed by atoms with Crippen LogP contribution in [0.25, 0.3) is 0 Å². The van der Waals surface area contributed by atoms with Gasteiger partial charge in [-0.2, -0.15) is 0 Å². The first kappa shape index (κ1) is 13.8. The molecular formula is C12H19N3O4. The molecule has 0 aromatic carbocycles. The molecule has 7 heteroatoms. The second kappa shape index (κ2) is 5.56. The average molecular weight is 269 g/mol. The standard InChI is InChI=1S/C12H19N3O4/c1-2-3-9(16)6-13-11(17)10-5-4-8-7-14(10)12(18)15(8)19/h8,10,19H,2-7H2,1H3,(H,13,17)/t8-,10+/m1/s1. The van der Waals surface area contributed by atoms with E-state index in [-0.39, 0.29) is 24.3 Å². The molecule has 3 amide bonds. The van der Waals surface area contributed by atoms with Gasteiger partial charge in [-0.3, -0.25) is 14.8 Å². The molecule has 2 aliphatic heterocycles. The predicted molar refractivity (Wildman–Crippen MR) is 65.5 cm³/mol. The minimum Gasteiger partial charge on any atom is -0.347 e. The van der Waals surface area contributed by atoms with E-state index in [1.54, 1.807) is 0 Å². The number of amides is 3. The lowest BCUT2D eigenvalue weighted by atomic mass is 10.0. The Morgan fingerprint density at radius 3 is 2.84 bits per heavy atom. The van der Waals surface area contributed by atoms with Crippen molar-refractivity contribution in [2.75, 3.05) is 13.1 Å². The largest absolute Gasteiger partial charge is 0.347 e. The number of nitrogens with zero attached hydrogens (tertiary/aromatic N) is 2. The maximum atomic E-state index is 12.0. The fourth-order valence-corrected chi connectivity index (χ4v) is 2.59. The number of fused-ring (bicyclic) bond motifs is 2. The zero-order valence-corrected chi connectivity index (χ0v) is 11.0. The maximum absolute atomic E-state index is 12.0. The molecule has 19 heavy (non-hydrogen) atoms. The number of ketones is 1. The van der Waals surface area contributed by atoms with Crippen LogP contribution in [0.2, 0.25) is 0 Å². The molecule has 106 valence electrons. The van der Waals surface area contributed by atoms with Gasteiger partial charge in [0.1, 0.15) is 6.04 Å². The van der Waals surface area contributed by atoms with Crippen LogP contribution in [-0.2, 0) is 9.59 Å². The van der Waals surface area contributed by atoms with Crippen molar-refractivity contribution in [2.45, 2.75) is 44.7 Å². The topological polar surface area (TPSA) is 90.0 Å². The van der Waals surface area contributed by atoms with Gasteiger partial charge in [-0.25, -0.2) is 9.86 Å². The molecule has 2 bridgehead atoms. The van der Waals surface area contributed by atoms with Gasteiger partial charge in [0, 0.05) is 13.0 Å². The molecule has 0 aliphatic carbocycles. The minimum atomic E-state index is -0.574. The summed E-state index contributed by atoms with van der Waals surface area (Å²) in [4.78, 5) is 36.4. The Bertz CT molecular complexity index is 398. The third-order valence-electron chi connectivity index (χ3n) is 3.64. The van der Waals surface area contributed by atoms with Crippen LogP contribution in [0.3, 0.4) is 0 Å². The molecule has 0 radical (unpaired) electrons. The second-order valence-corrected chi connectivity index (χ2v) is 5.03. The number of hydrogen-bond donors (Lipinski definition) is 2. The van der Waals surface area contributed by atoms with Crippen molar-refractivity contribution in [1.82, 2.24) is 15.3 Å². The highest BCUT2D eigenvalue weighted by atomic mass is 16.5. The molecule has 0 saturated carbocycles. The quantitative estimate of drug-likeness (QED) is 0.694. The van der Waals surface area contributed by atoms with E-state index in [9.17, 15) is 19.6 Å². The number of nitrogens with one attached hydrogen (secondary N) is 1. The van der Waals surface area contributed by atoms with Gasteiger partial charge in [0.15, 0.2) is 5.78 Å².